The average Bonchev–Trinajstić information content (AvgIpc) is 2.61. The van der Waals surface area contributed by atoms with E-state index in [2.05, 4.69) is 46.1 Å². The van der Waals surface area contributed by atoms with Crippen LogP contribution in [0.5, 0.6) is 0 Å². The van der Waals surface area contributed by atoms with Gasteiger partial charge in [-0.25, -0.2) is 0 Å². The number of thiophene rings is 1. The Morgan fingerprint density at radius 1 is 1.50 bits per heavy atom. The van der Waals surface area contributed by atoms with Crippen LogP contribution >= 0.6 is 27.3 Å². The topological polar surface area (TPSA) is 15.3 Å². The van der Waals surface area contributed by atoms with Crippen LogP contribution in [0.4, 0.5) is 0 Å². The summed E-state index contributed by atoms with van der Waals surface area (Å²) >= 11 is 5.52. The third-order valence-electron chi connectivity index (χ3n) is 3.18. The molecule has 1 saturated heterocycles. The molecule has 16 heavy (non-hydrogen) atoms. The van der Waals surface area contributed by atoms with E-state index in [1.165, 1.54) is 33.7 Å². The van der Waals surface area contributed by atoms with Crippen LogP contribution in [0.25, 0.3) is 0 Å². The molecule has 1 aliphatic heterocycles. The molecule has 1 aromatic rings. The van der Waals surface area contributed by atoms with E-state index in [0.29, 0.717) is 6.04 Å². The molecule has 1 aliphatic rings. The molecule has 0 aliphatic carbocycles. The third kappa shape index (κ3) is 2.67. The zero-order valence-corrected chi connectivity index (χ0v) is 12.3. The van der Waals surface area contributed by atoms with Crippen LogP contribution in [0.3, 0.4) is 0 Å². The molecule has 1 atom stereocenters. The maximum atomic E-state index is 3.63. The first kappa shape index (κ1) is 12.6. The fourth-order valence-electron chi connectivity index (χ4n) is 2.28. The molecule has 1 unspecified atom stereocenters. The van der Waals surface area contributed by atoms with E-state index in [0.717, 1.165) is 13.1 Å². The molecule has 90 valence electrons. The van der Waals surface area contributed by atoms with Crippen LogP contribution in [0, 0.1) is 6.92 Å². The molecule has 1 fully saturated rings. The Morgan fingerprint density at radius 3 is 2.69 bits per heavy atom. The van der Waals surface area contributed by atoms with Gasteiger partial charge in [-0.1, -0.05) is 6.92 Å². The molecule has 0 radical (unpaired) electrons. The molecule has 0 amide bonds. The van der Waals surface area contributed by atoms with Gasteiger partial charge in [-0.05, 0) is 40.9 Å². The lowest BCUT2D eigenvalue weighted by Gasteiger charge is -2.33. The van der Waals surface area contributed by atoms with Gasteiger partial charge in [-0.3, -0.25) is 4.90 Å². The summed E-state index contributed by atoms with van der Waals surface area (Å²) in [6.45, 7) is 9.06. The monoisotopic (exact) mass is 302 g/mol. The quantitative estimate of drug-likeness (QED) is 0.922. The van der Waals surface area contributed by atoms with Gasteiger partial charge >= 0.3 is 0 Å². The van der Waals surface area contributed by atoms with Crippen LogP contribution in [0.15, 0.2) is 9.85 Å². The van der Waals surface area contributed by atoms with E-state index in [4.69, 9.17) is 0 Å². The highest BCUT2D eigenvalue weighted by atomic mass is 79.9. The number of piperazine rings is 1. The number of halogens is 1. The van der Waals surface area contributed by atoms with Gasteiger partial charge in [-0.2, -0.15) is 0 Å². The molecule has 1 N–H and O–H groups in total. The normalized spacial score (nSPS) is 19.9. The first-order valence-electron chi connectivity index (χ1n) is 5.93. The molecule has 2 heterocycles. The van der Waals surface area contributed by atoms with Crippen molar-refractivity contribution in [3.8, 4) is 0 Å². The highest BCUT2D eigenvalue weighted by Gasteiger charge is 2.22. The van der Waals surface area contributed by atoms with Crippen LogP contribution in [0.2, 0.25) is 0 Å². The lowest BCUT2D eigenvalue weighted by Crippen LogP contribution is -2.44. The number of nitrogens with zero attached hydrogens (tertiary/aromatic N) is 1. The second-order valence-corrected chi connectivity index (χ2v) is 6.72. The zero-order valence-electron chi connectivity index (χ0n) is 9.92. The molecular weight excluding hydrogens is 284 g/mol. The van der Waals surface area contributed by atoms with Crippen LogP contribution in [-0.4, -0.2) is 31.1 Å². The van der Waals surface area contributed by atoms with Crippen molar-refractivity contribution in [3.63, 3.8) is 0 Å². The minimum absolute atomic E-state index is 0.608. The second-order valence-electron chi connectivity index (χ2n) is 4.32. The minimum atomic E-state index is 0.608. The van der Waals surface area contributed by atoms with Crippen molar-refractivity contribution in [3.05, 3.63) is 20.3 Å². The molecule has 4 heteroatoms. The number of rotatable bonds is 3. The average molecular weight is 303 g/mol. The standard InChI is InChI=1S/C12H19BrN2S/c1-3-10(15-6-4-14-5-7-15)11-8-9(2)12(13)16-11/h8,10,14H,3-7H2,1-2H3. The molecule has 1 aromatic heterocycles. The van der Waals surface area contributed by atoms with Crippen LogP contribution < -0.4 is 5.32 Å². The van der Waals surface area contributed by atoms with Crippen LogP contribution in [-0.2, 0) is 0 Å². The van der Waals surface area contributed by atoms with Crippen molar-refractivity contribution in [2.75, 3.05) is 26.2 Å². The Balaban J connectivity index is 2.14. The Hall–Kier alpha value is 0.1000. The molecule has 0 saturated carbocycles. The third-order valence-corrected chi connectivity index (χ3v) is 5.42. The number of hydrogen-bond donors (Lipinski definition) is 1. The maximum Gasteiger partial charge on any atom is 0.0731 e. The Labute approximate surface area is 110 Å². The molecule has 2 rings (SSSR count). The minimum Gasteiger partial charge on any atom is -0.314 e. The summed E-state index contributed by atoms with van der Waals surface area (Å²) in [7, 11) is 0. The van der Waals surface area contributed by atoms with Crippen molar-refractivity contribution in [1.29, 1.82) is 0 Å². The zero-order chi connectivity index (χ0) is 11.5. The SMILES string of the molecule is CCC(c1cc(C)c(Br)s1)N1CCNCC1. The van der Waals surface area contributed by atoms with E-state index in [-0.39, 0.29) is 0 Å². The van der Waals surface area contributed by atoms with Gasteiger partial charge in [0.25, 0.3) is 0 Å². The Kier molecular flexibility index (Phi) is 4.41. The summed E-state index contributed by atoms with van der Waals surface area (Å²) in [6, 6.07) is 2.95. The lowest BCUT2D eigenvalue weighted by molar-refractivity contribution is 0.172. The summed E-state index contributed by atoms with van der Waals surface area (Å²) in [5, 5.41) is 3.41. The summed E-state index contributed by atoms with van der Waals surface area (Å²) in [5.41, 5.74) is 1.37. The fraction of sp³-hybridized carbons (Fsp3) is 0.667. The Bertz CT molecular complexity index is 325. The van der Waals surface area contributed by atoms with E-state index < -0.39 is 0 Å². The number of nitrogens with one attached hydrogen (secondary N) is 1. The highest BCUT2D eigenvalue weighted by Crippen LogP contribution is 2.35. The van der Waals surface area contributed by atoms with E-state index >= 15 is 0 Å². The first-order valence-corrected chi connectivity index (χ1v) is 7.54. The summed E-state index contributed by atoms with van der Waals surface area (Å²) in [5.74, 6) is 0. The van der Waals surface area contributed by atoms with Crippen molar-refractivity contribution < 1.29 is 0 Å². The smallest absolute Gasteiger partial charge is 0.0731 e. The first-order chi connectivity index (χ1) is 7.72. The molecular formula is C12H19BrN2S. The lowest BCUT2D eigenvalue weighted by atomic mass is 10.1. The molecule has 2 nitrogen and oxygen atoms in total. The van der Waals surface area contributed by atoms with E-state index in [1.807, 2.05) is 11.3 Å². The van der Waals surface area contributed by atoms with E-state index in [1.54, 1.807) is 0 Å². The van der Waals surface area contributed by atoms with Crippen molar-refractivity contribution in [2.45, 2.75) is 26.3 Å². The fourth-order valence-corrected chi connectivity index (χ4v) is 4.07. The number of aryl methyl sites for hydroxylation is 1. The predicted octanol–water partition coefficient (Wildman–Crippen LogP) is 3.18. The molecule has 0 spiro atoms. The highest BCUT2D eigenvalue weighted by molar-refractivity contribution is 9.11. The van der Waals surface area contributed by atoms with E-state index in [9.17, 15) is 0 Å². The largest absolute Gasteiger partial charge is 0.314 e. The van der Waals surface area contributed by atoms with Gasteiger partial charge < -0.3 is 5.32 Å². The molecule has 0 bridgehead atoms. The number of hydrogen-bond acceptors (Lipinski definition) is 3. The predicted molar refractivity (Wildman–Crippen MR) is 74.2 cm³/mol. The van der Waals surface area contributed by atoms with Crippen molar-refractivity contribution in [1.82, 2.24) is 10.2 Å². The van der Waals surface area contributed by atoms with Gasteiger partial charge in [0.15, 0.2) is 0 Å². The van der Waals surface area contributed by atoms with Gasteiger partial charge in [0.2, 0.25) is 0 Å². The summed E-state index contributed by atoms with van der Waals surface area (Å²) < 4.78 is 1.29. The Morgan fingerprint density at radius 2 is 2.19 bits per heavy atom. The van der Waals surface area contributed by atoms with Gasteiger partial charge in [0.05, 0.1) is 3.79 Å². The second kappa shape index (κ2) is 5.63. The summed E-state index contributed by atoms with van der Waals surface area (Å²) in [4.78, 5) is 4.11. The van der Waals surface area contributed by atoms with Gasteiger partial charge in [-0.15, -0.1) is 11.3 Å². The molecule has 0 aromatic carbocycles. The van der Waals surface area contributed by atoms with Gasteiger partial charge in [0, 0.05) is 37.1 Å². The maximum absolute atomic E-state index is 3.63. The van der Waals surface area contributed by atoms with Crippen molar-refractivity contribution >= 4 is 27.3 Å². The van der Waals surface area contributed by atoms with Gasteiger partial charge in [0.1, 0.15) is 0 Å². The summed E-state index contributed by atoms with van der Waals surface area (Å²) in [6.07, 6.45) is 1.20. The van der Waals surface area contributed by atoms with Crippen molar-refractivity contribution in [2.24, 2.45) is 0 Å². The van der Waals surface area contributed by atoms with Crippen LogP contribution in [0.1, 0.15) is 29.8 Å².